The Morgan fingerprint density at radius 2 is 0.429 bits per heavy atom. The predicted molar refractivity (Wildman–Crippen MR) is 400 cm³/mol. The second kappa shape index (κ2) is 68.2. The van der Waals surface area contributed by atoms with Crippen LogP contribution in [0.15, 0.2) is 0 Å². The summed E-state index contributed by atoms with van der Waals surface area (Å²) in [5, 5.41) is 10.6. The lowest BCUT2D eigenvalue weighted by Crippen LogP contribution is -2.30. The molecule has 0 bridgehead atoms. The molecule has 0 spiro atoms. The Bertz CT molecular complexity index is 1920. The van der Waals surface area contributed by atoms with E-state index < -0.39 is 97.5 Å². The largest absolute Gasteiger partial charge is 0.472 e. The van der Waals surface area contributed by atoms with E-state index in [9.17, 15) is 43.2 Å². The Hall–Kier alpha value is -1.94. The van der Waals surface area contributed by atoms with Gasteiger partial charge in [-0.2, -0.15) is 0 Å². The minimum atomic E-state index is -4.96. The lowest BCUT2D eigenvalue weighted by atomic mass is 10.0. The molecule has 0 aliphatic carbocycles. The number of aliphatic hydroxyl groups is 1. The molecule has 5 atom stereocenters. The molecule has 582 valence electrons. The van der Waals surface area contributed by atoms with Crippen LogP contribution >= 0.6 is 15.6 Å². The van der Waals surface area contributed by atoms with Gasteiger partial charge in [0, 0.05) is 25.7 Å². The van der Waals surface area contributed by atoms with E-state index in [-0.39, 0.29) is 25.7 Å². The van der Waals surface area contributed by atoms with E-state index in [1.807, 2.05) is 0 Å². The first-order valence-corrected chi connectivity index (χ1v) is 43.7. The van der Waals surface area contributed by atoms with Crippen LogP contribution in [0.2, 0.25) is 0 Å². The highest BCUT2D eigenvalue weighted by atomic mass is 31.2. The number of phosphoric ester groups is 2. The van der Waals surface area contributed by atoms with Crippen molar-refractivity contribution < 1.29 is 80.2 Å². The van der Waals surface area contributed by atoms with Crippen LogP contribution in [-0.2, 0) is 65.4 Å². The Balaban J connectivity index is 5.09. The predicted octanol–water partition coefficient (Wildman–Crippen LogP) is 23.2. The maximum Gasteiger partial charge on any atom is 0.472 e. The Morgan fingerprint density at radius 1 is 0.255 bits per heavy atom. The van der Waals surface area contributed by atoms with Crippen molar-refractivity contribution in [1.29, 1.82) is 0 Å². The number of aliphatic hydroxyl groups excluding tert-OH is 1. The summed E-state index contributed by atoms with van der Waals surface area (Å²) in [5.41, 5.74) is 0. The SMILES string of the molecule is CC(C)CCCCCCCCCCCCCCCCCCCCC(=O)OC[C@H](COP(=O)(O)OCC(O)COP(=O)(O)OC[C@@H](COC(=O)CCCCCCCCC(C)C)OC(=O)CCCCCCCCCCCCCCCCCCC(C)C)OC(=O)CCCCCCCCC(C)C. The summed E-state index contributed by atoms with van der Waals surface area (Å²) in [6, 6.07) is 0. The highest BCUT2D eigenvalue weighted by Gasteiger charge is 2.30. The number of unbranched alkanes of at least 4 members (excludes halogenated alkanes) is 42. The topological polar surface area (TPSA) is 237 Å². The fourth-order valence-electron chi connectivity index (χ4n) is 12.1. The molecule has 0 aliphatic rings. The fraction of sp³-hybridized carbons (Fsp3) is 0.949. The molecule has 0 saturated carbocycles. The molecular weight excluding hydrogens is 1280 g/mol. The van der Waals surface area contributed by atoms with Gasteiger partial charge >= 0.3 is 39.5 Å². The first-order chi connectivity index (χ1) is 47.1. The summed E-state index contributed by atoms with van der Waals surface area (Å²) < 4.78 is 68.5. The smallest absolute Gasteiger partial charge is 0.462 e. The number of hydrogen-bond acceptors (Lipinski definition) is 15. The van der Waals surface area contributed by atoms with Gasteiger partial charge in [0.05, 0.1) is 26.4 Å². The van der Waals surface area contributed by atoms with Gasteiger partial charge in [0.15, 0.2) is 12.2 Å². The average molecular weight is 1440 g/mol. The molecule has 0 saturated heterocycles. The number of esters is 4. The van der Waals surface area contributed by atoms with Crippen LogP contribution in [0.3, 0.4) is 0 Å². The molecular formula is C79H154O17P2. The third-order valence-electron chi connectivity index (χ3n) is 18.3. The van der Waals surface area contributed by atoms with Crippen molar-refractivity contribution in [1.82, 2.24) is 0 Å². The van der Waals surface area contributed by atoms with Crippen molar-refractivity contribution in [3.63, 3.8) is 0 Å². The zero-order chi connectivity index (χ0) is 72.4. The molecule has 0 rings (SSSR count). The van der Waals surface area contributed by atoms with Gasteiger partial charge in [-0.05, 0) is 49.4 Å². The lowest BCUT2D eigenvalue weighted by molar-refractivity contribution is -0.161. The van der Waals surface area contributed by atoms with Crippen LogP contribution in [0, 0.1) is 23.7 Å². The third-order valence-corrected chi connectivity index (χ3v) is 20.2. The van der Waals surface area contributed by atoms with Crippen LogP contribution in [0.5, 0.6) is 0 Å². The van der Waals surface area contributed by atoms with E-state index in [4.69, 9.17) is 37.0 Å². The maximum absolute atomic E-state index is 13.1. The van der Waals surface area contributed by atoms with Gasteiger partial charge in [0.2, 0.25) is 0 Å². The molecule has 0 aromatic heterocycles. The van der Waals surface area contributed by atoms with Crippen molar-refractivity contribution in [3.05, 3.63) is 0 Å². The molecule has 0 aromatic rings. The highest BCUT2D eigenvalue weighted by Crippen LogP contribution is 2.45. The molecule has 0 radical (unpaired) electrons. The average Bonchev–Trinajstić information content (AvgIpc) is 1.01. The molecule has 3 N–H and O–H groups in total. The molecule has 19 heteroatoms. The molecule has 0 heterocycles. The number of hydrogen-bond donors (Lipinski definition) is 3. The highest BCUT2D eigenvalue weighted by molar-refractivity contribution is 7.47. The summed E-state index contributed by atoms with van der Waals surface area (Å²) >= 11 is 0. The van der Waals surface area contributed by atoms with E-state index in [2.05, 4.69) is 55.4 Å². The summed E-state index contributed by atoms with van der Waals surface area (Å²) in [6.45, 7) is 14.1. The van der Waals surface area contributed by atoms with E-state index in [0.29, 0.717) is 37.5 Å². The summed E-state index contributed by atoms with van der Waals surface area (Å²) in [4.78, 5) is 72.8. The first kappa shape index (κ1) is 96.1. The van der Waals surface area contributed by atoms with Crippen LogP contribution in [0.25, 0.3) is 0 Å². The van der Waals surface area contributed by atoms with Gasteiger partial charge in [-0.25, -0.2) is 9.13 Å². The molecule has 98 heavy (non-hydrogen) atoms. The van der Waals surface area contributed by atoms with E-state index in [1.54, 1.807) is 0 Å². The lowest BCUT2D eigenvalue weighted by Gasteiger charge is -2.21. The minimum absolute atomic E-state index is 0.102. The van der Waals surface area contributed by atoms with Crippen LogP contribution < -0.4 is 0 Å². The second-order valence-electron chi connectivity index (χ2n) is 30.4. The van der Waals surface area contributed by atoms with Crippen molar-refractivity contribution >= 4 is 39.5 Å². The van der Waals surface area contributed by atoms with Gasteiger partial charge in [0.1, 0.15) is 19.3 Å². The molecule has 0 aromatic carbocycles. The van der Waals surface area contributed by atoms with Crippen LogP contribution in [0.4, 0.5) is 0 Å². The summed E-state index contributed by atoms with van der Waals surface area (Å²) in [7, 11) is -9.91. The first-order valence-electron chi connectivity index (χ1n) is 40.7. The molecule has 0 fully saturated rings. The Labute approximate surface area is 600 Å². The van der Waals surface area contributed by atoms with Gasteiger partial charge < -0.3 is 33.8 Å². The van der Waals surface area contributed by atoms with E-state index in [0.717, 1.165) is 108 Å². The molecule has 3 unspecified atom stereocenters. The normalized spacial score (nSPS) is 14.1. The quantitative estimate of drug-likeness (QED) is 0.0222. The van der Waals surface area contributed by atoms with Crippen LogP contribution in [-0.4, -0.2) is 96.7 Å². The van der Waals surface area contributed by atoms with Crippen molar-refractivity contribution in [2.75, 3.05) is 39.6 Å². The molecule has 0 aliphatic heterocycles. The molecule has 17 nitrogen and oxygen atoms in total. The van der Waals surface area contributed by atoms with E-state index >= 15 is 0 Å². The number of carbonyl (C=O) groups is 4. The number of phosphoric acid groups is 2. The standard InChI is InChI=1S/C79H154O17P2/c1-69(2)55-47-39-31-27-23-19-15-11-9-10-12-17-21-25-29-33-43-51-59-76(81)89-65-75(96-79(84)62-54-46-38-36-42-50-58-72(7)8)68-94-98(87,88)92-64-73(80)63-91-97(85,86)93-67-74(66-90-77(82)60-52-44-37-35-41-49-57-71(5)6)95-78(83)61-53-45-34-30-26-22-18-14-13-16-20-24-28-32-40-48-56-70(3)4/h69-75,80H,9-68H2,1-8H3,(H,85,86)(H,87,88)/t73?,74-,75-/m1/s1. The monoisotopic (exact) mass is 1440 g/mol. The van der Waals surface area contributed by atoms with E-state index in [1.165, 1.54) is 199 Å². The third kappa shape index (κ3) is 72.4. The maximum atomic E-state index is 13.1. The number of ether oxygens (including phenoxy) is 4. The van der Waals surface area contributed by atoms with Gasteiger partial charge in [-0.3, -0.25) is 37.3 Å². The minimum Gasteiger partial charge on any atom is -0.462 e. The number of carbonyl (C=O) groups excluding carboxylic acids is 4. The fourth-order valence-corrected chi connectivity index (χ4v) is 13.7. The zero-order valence-corrected chi connectivity index (χ0v) is 66.2. The summed E-state index contributed by atoms with van der Waals surface area (Å²) in [6.07, 6.45) is 54.7. The van der Waals surface area contributed by atoms with Crippen molar-refractivity contribution in [2.45, 2.75) is 420 Å². The van der Waals surface area contributed by atoms with Gasteiger partial charge in [-0.15, -0.1) is 0 Å². The zero-order valence-electron chi connectivity index (χ0n) is 64.4. The van der Waals surface area contributed by atoms with Gasteiger partial charge in [-0.1, -0.05) is 351 Å². The summed E-state index contributed by atoms with van der Waals surface area (Å²) in [5.74, 6) is 0.856. The van der Waals surface area contributed by atoms with Crippen LogP contribution in [0.1, 0.15) is 402 Å². The van der Waals surface area contributed by atoms with Crippen molar-refractivity contribution in [3.8, 4) is 0 Å². The Morgan fingerprint density at radius 3 is 0.633 bits per heavy atom. The Kier molecular flexibility index (Phi) is 66.8. The van der Waals surface area contributed by atoms with Crippen molar-refractivity contribution in [2.24, 2.45) is 23.7 Å². The second-order valence-corrected chi connectivity index (χ2v) is 33.3. The molecule has 0 amide bonds. The van der Waals surface area contributed by atoms with Gasteiger partial charge in [0.25, 0.3) is 0 Å². The number of rotatable bonds is 76.